The average molecular weight is 83.1 g/mol. The fraction of sp³-hybridized carbons (Fsp3) is 0.500. The second-order valence-corrected chi connectivity index (χ2v) is 1.06. The molecule has 0 amide bonds. The lowest BCUT2D eigenvalue weighted by Gasteiger charge is -1.96. The lowest BCUT2D eigenvalue weighted by molar-refractivity contribution is 0.198. The van der Waals surface area contributed by atoms with Gasteiger partial charge in [-0.25, -0.2) is 0 Å². The van der Waals surface area contributed by atoms with E-state index in [1.165, 1.54) is 0 Å². The van der Waals surface area contributed by atoms with E-state index in [0.717, 1.165) is 12.8 Å². The predicted molar refractivity (Wildman–Crippen MR) is 22.1 cm³/mol. The molecule has 1 aliphatic heterocycles. The van der Waals surface area contributed by atoms with Gasteiger partial charge in [0.25, 0.3) is 0 Å². The Balaban J connectivity index is 2.26. The van der Waals surface area contributed by atoms with Gasteiger partial charge in [-0.05, 0) is 6.42 Å². The molecular weight excluding hydrogens is 78.0 g/mol. The van der Waals surface area contributed by atoms with Gasteiger partial charge in [-0.15, -0.1) is 0 Å². The van der Waals surface area contributed by atoms with Crippen LogP contribution in [-0.4, -0.2) is 6.21 Å². The van der Waals surface area contributed by atoms with Crippen LogP contribution in [0.15, 0.2) is 5.16 Å². The normalized spacial score (nSPS) is 20.0. The van der Waals surface area contributed by atoms with Crippen molar-refractivity contribution in [1.82, 2.24) is 0 Å². The molecule has 0 unspecified atom stereocenters. The Labute approximate surface area is 36.8 Å². The molecule has 0 N–H and O–H groups in total. The smallest absolute Gasteiger partial charge is 0.230 e. The van der Waals surface area contributed by atoms with Gasteiger partial charge in [0, 0.05) is 12.6 Å². The van der Waals surface area contributed by atoms with E-state index in [4.69, 9.17) is 0 Å². The zero-order chi connectivity index (χ0) is 4.24. The van der Waals surface area contributed by atoms with E-state index in [0.29, 0.717) is 0 Å². The first-order valence-corrected chi connectivity index (χ1v) is 1.91. The Kier molecular flexibility index (Phi) is 1.10. The molecular formula is C4H5NO. The Hall–Kier alpha value is -0.530. The molecule has 0 bridgehead atoms. The highest BCUT2D eigenvalue weighted by molar-refractivity contribution is 5.56. The quantitative estimate of drug-likeness (QED) is 0.425. The van der Waals surface area contributed by atoms with Gasteiger partial charge in [0.15, 0.2) is 0 Å². The molecule has 0 fully saturated rings. The number of rotatable bonds is 0. The minimum Gasteiger partial charge on any atom is -0.380 e. The molecule has 0 aromatic heterocycles. The summed E-state index contributed by atoms with van der Waals surface area (Å²) in [4.78, 5) is 4.39. The third-order valence-corrected chi connectivity index (χ3v) is 0.567. The predicted octanol–water partition coefficient (Wildman–Crippen LogP) is 0.821. The molecule has 1 aliphatic rings. The second kappa shape index (κ2) is 1.80. The monoisotopic (exact) mass is 83.0 g/mol. The van der Waals surface area contributed by atoms with E-state index in [2.05, 4.69) is 16.6 Å². The van der Waals surface area contributed by atoms with E-state index in [1.54, 1.807) is 6.21 Å². The van der Waals surface area contributed by atoms with Crippen molar-refractivity contribution in [1.29, 1.82) is 0 Å². The van der Waals surface area contributed by atoms with E-state index in [9.17, 15) is 0 Å². The van der Waals surface area contributed by atoms with Crippen molar-refractivity contribution in [2.45, 2.75) is 12.8 Å². The van der Waals surface area contributed by atoms with Crippen molar-refractivity contribution < 1.29 is 4.84 Å². The summed E-state index contributed by atoms with van der Waals surface area (Å²) in [6.07, 6.45) is 3.58. The van der Waals surface area contributed by atoms with Crippen LogP contribution < -0.4 is 0 Å². The maximum atomic E-state index is 4.39. The van der Waals surface area contributed by atoms with Crippen LogP contribution in [0.1, 0.15) is 12.8 Å². The summed E-state index contributed by atoms with van der Waals surface area (Å²) in [6.45, 7) is 2.59. The fourth-order valence-corrected chi connectivity index (χ4v) is 0.296. The molecule has 1 heterocycles. The molecule has 6 heavy (non-hydrogen) atoms. The average Bonchev–Trinajstić information content (AvgIpc) is 1.72. The molecule has 0 spiro atoms. The van der Waals surface area contributed by atoms with Gasteiger partial charge >= 0.3 is 0 Å². The first-order valence-electron chi connectivity index (χ1n) is 1.91. The second-order valence-electron chi connectivity index (χ2n) is 1.06. The number of oxime groups is 1. The third kappa shape index (κ3) is 0.708. The van der Waals surface area contributed by atoms with Crippen molar-refractivity contribution in [2.24, 2.45) is 5.16 Å². The largest absolute Gasteiger partial charge is 0.380 e. The van der Waals surface area contributed by atoms with Crippen molar-refractivity contribution in [3.8, 4) is 0 Å². The fourth-order valence-electron chi connectivity index (χ4n) is 0.296. The molecule has 2 nitrogen and oxygen atoms in total. The number of hydrogen-bond donors (Lipinski definition) is 0. The van der Waals surface area contributed by atoms with Crippen molar-refractivity contribution >= 4 is 6.21 Å². The highest BCUT2D eigenvalue weighted by Gasteiger charge is 1.91. The minimum atomic E-state index is 0.878. The van der Waals surface area contributed by atoms with E-state index < -0.39 is 0 Å². The molecule has 0 saturated heterocycles. The number of hydrogen-bond acceptors (Lipinski definition) is 2. The first-order chi connectivity index (χ1) is 3.00. The van der Waals surface area contributed by atoms with Crippen molar-refractivity contribution in [3.05, 3.63) is 6.61 Å². The van der Waals surface area contributed by atoms with Gasteiger partial charge in [-0.1, -0.05) is 5.16 Å². The molecule has 32 valence electrons. The Morgan fingerprint density at radius 2 is 2.83 bits per heavy atom. The van der Waals surface area contributed by atoms with Crippen LogP contribution >= 0.6 is 0 Å². The summed E-state index contributed by atoms with van der Waals surface area (Å²) >= 11 is 0. The van der Waals surface area contributed by atoms with E-state index >= 15 is 0 Å². The molecule has 0 aromatic rings. The summed E-state index contributed by atoms with van der Waals surface area (Å²) in [5, 5.41) is 3.44. The molecule has 0 atom stereocenters. The van der Waals surface area contributed by atoms with Gasteiger partial charge < -0.3 is 4.84 Å². The van der Waals surface area contributed by atoms with Gasteiger partial charge in [0.2, 0.25) is 6.61 Å². The Bertz CT molecular complexity index is 52.6. The maximum Gasteiger partial charge on any atom is 0.230 e. The highest BCUT2D eigenvalue weighted by Crippen LogP contribution is 1.98. The topological polar surface area (TPSA) is 21.6 Å². The lowest BCUT2D eigenvalue weighted by Crippen LogP contribution is -1.88. The van der Waals surface area contributed by atoms with Crippen molar-refractivity contribution in [2.75, 3.05) is 0 Å². The minimum absolute atomic E-state index is 0.878. The van der Waals surface area contributed by atoms with Crippen LogP contribution in [0.4, 0.5) is 0 Å². The third-order valence-electron chi connectivity index (χ3n) is 0.567. The van der Waals surface area contributed by atoms with Crippen LogP contribution in [0.2, 0.25) is 0 Å². The summed E-state index contributed by atoms with van der Waals surface area (Å²) in [6, 6.07) is 0. The zero-order valence-electron chi connectivity index (χ0n) is 3.35. The molecule has 2 heteroatoms. The van der Waals surface area contributed by atoms with Gasteiger partial charge in [-0.2, -0.15) is 0 Å². The van der Waals surface area contributed by atoms with Crippen LogP contribution in [0.25, 0.3) is 0 Å². The van der Waals surface area contributed by atoms with Crippen LogP contribution in [-0.2, 0) is 4.84 Å². The maximum absolute atomic E-state index is 4.39. The zero-order valence-corrected chi connectivity index (χ0v) is 3.35. The molecule has 0 aliphatic carbocycles. The van der Waals surface area contributed by atoms with Crippen LogP contribution in [0.3, 0.4) is 0 Å². The van der Waals surface area contributed by atoms with Gasteiger partial charge in [0.05, 0.1) is 0 Å². The van der Waals surface area contributed by atoms with E-state index in [-0.39, 0.29) is 0 Å². The highest BCUT2D eigenvalue weighted by atomic mass is 16.6. The SMILES string of the molecule is [C]1CCC=NO1. The number of nitrogens with zero attached hydrogens (tertiary/aromatic N) is 1. The molecule has 0 saturated carbocycles. The summed E-state index contributed by atoms with van der Waals surface area (Å²) in [7, 11) is 0. The first kappa shape index (κ1) is 3.65. The summed E-state index contributed by atoms with van der Waals surface area (Å²) < 4.78 is 0. The van der Waals surface area contributed by atoms with Crippen LogP contribution in [0.5, 0.6) is 0 Å². The van der Waals surface area contributed by atoms with Gasteiger partial charge in [0.1, 0.15) is 0 Å². The molecule has 0 aromatic carbocycles. The molecule has 1 rings (SSSR count). The standard InChI is InChI=1S/C4H5NO/c1-2-4-6-5-3-1/h3H,1-2H2. The summed E-state index contributed by atoms with van der Waals surface area (Å²) in [5.74, 6) is 0. The van der Waals surface area contributed by atoms with Crippen LogP contribution in [0, 0.1) is 6.61 Å². The summed E-state index contributed by atoms with van der Waals surface area (Å²) in [5.41, 5.74) is 0. The Morgan fingerprint density at radius 1 is 1.83 bits per heavy atom. The van der Waals surface area contributed by atoms with E-state index in [1.807, 2.05) is 0 Å². The van der Waals surface area contributed by atoms with Gasteiger partial charge in [-0.3, -0.25) is 0 Å². The molecule has 2 radical (unpaired) electrons. The lowest BCUT2D eigenvalue weighted by atomic mass is 10.3. The Morgan fingerprint density at radius 3 is 3.00 bits per heavy atom. The van der Waals surface area contributed by atoms with Crippen molar-refractivity contribution in [3.63, 3.8) is 0 Å².